The highest BCUT2D eigenvalue weighted by molar-refractivity contribution is 5.85. The van der Waals surface area contributed by atoms with E-state index < -0.39 is 0 Å². The van der Waals surface area contributed by atoms with Crippen LogP contribution in [0.1, 0.15) is 32.3 Å². The van der Waals surface area contributed by atoms with Crippen molar-refractivity contribution >= 4 is 18.3 Å². The molecule has 0 heterocycles. The summed E-state index contributed by atoms with van der Waals surface area (Å²) < 4.78 is 0. The van der Waals surface area contributed by atoms with Gasteiger partial charge >= 0.3 is 0 Å². The third-order valence-corrected chi connectivity index (χ3v) is 4.18. The monoisotopic (exact) mass is 310 g/mol. The number of amides is 1. The van der Waals surface area contributed by atoms with E-state index in [2.05, 4.69) is 31.3 Å². The van der Waals surface area contributed by atoms with Crippen molar-refractivity contribution in [3.05, 3.63) is 35.9 Å². The van der Waals surface area contributed by atoms with E-state index in [1.807, 2.05) is 18.2 Å². The molecule has 0 radical (unpaired) electrons. The van der Waals surface area contributed by atoms with Crippen LogP contribution in [0.3, 0.4) is 0 Å². The van der Waals surface area contributed by atoms with E-state index in [-0.39, 0.29) is 30.3 Å². The minimum Gasteiger partial charge on any atom is -0.354 e. The Bertz CT molecular complexity index is 432. The summed E-state index contributed by atoms with van der Waals surface area (Å²) in [4.78, 5) is 12.4. The molecular formula is C17H27ClN2O. The number of carbonyl (C=O) groups excluding carboxylic acids is 1. The smallest absolute Gasteiger partial charge is 0.223 e. The molecule has 1 aromatic carbocycles. The predicted octanol–water partition coefficient (Wildman–Crippen LogP) is 2.78. The highest BCUT2D eigenvalue weighted by Gasteiger charge is 2.29. The van der Waals surface area contributed by atoms with Gasteiger partial charge in [0.1, 0.15) is 0 Å². The lowest BCUT2D eigenvalue weighted by molar-refractivity contribution is -0.126. The van der Waals surface area contributed by atoms with Crippen LogP contribution in [0.5, 0.6) is 0 Å². The summed E-state index contributed by atoms with van der Waals surface area (Å²) in [7, 11) is 0. The lowest BCUT2D eigenvalue weighted by atomic mass is 9.88. The van der Waals surface area contributed by atoms with Gasteiger partial charge in [-0.3, -0.25) is 4.79 Å². The number of carbonyl (C=O) groups is 1. The molecule has 0 spiro atoms. The Morgan fingerprint density at radius 1 is 1.29 bits per heavy atom. The van der Waals surface area contributed by atoms with E-state index in [0.29, 0.717) is 18.4 Å². The Hall–Kier alpha value is -1.06. The van der Waals surface area contributed by atoms with E-state index in [1.165, 1.54) is 18.4 Å². The zero-order chi connectivity index (χ0) is 14.5. The van der Waals surface area contributed by atoms with Gasteiger partial charge in [0.05, 0.1) is 0 Å². The fourth-order valence-corrected chi connectivity index (χ4v) is 2.54. The maximum absolute atomic E-state index is 12.4. The van der Waals surface area contributed by atoms with Gasteiger partial charge in [0, 0.05) is 18.5 Å². The van der Waals surface area contributed by atoms with Crippen LogP contribution in [0, 0.1) is 17.8 Å². The molecule has 21 heavy (non-hydrogen) atoms. The molecule has 4 heteroatoms. The molecule has 1 aliphatic rings. The van der Waals surface area contributed by atoms with E-state index in [9.17, 15) is 4.79 Å². The van der Waals surface area contributed by atoms with Gasteiger partial charge in [-0.25, -0.2) is 0 Å². The average molecular weight is 311 g/mol. The van der Waals surface area contributed by atoms with Crippen LogP contribution < -0.4 is 11.1 Å². The molecule has 0 saturated heterocycles. The zero-order valence-corrected chi connectivity index (χ0v) is 13.7. The Morgan fingerprint density at radius 2 is 1.90 bits per heavy atom. The maximum atomic E-state index is 12.4. The van der Waals surface area contributed by atoms with Gasteiger partial charge < -0.3 is 11.1 Å². The Morgan fingerprint density at radius 3 is 2.43 bits per heavy atom. The first-order chi connectivity index (χ1) is 9.58. The van der Waals surface area contributed by atoms with Crippen LogP contribution in [0.25, 0.3) is 0 Å². The summed E-state index contributed by atoms with van der Waals surface area (Å²) in [6, 6.07) is 10.3. The first-order valence-corrected chi connectivity index (χ1v) is 7.65. The normalized spacial score (nSPS) is 17.0. The number of hydrogen-bond acceptors (Lipinski definition) is 2. The largest absolute Gasteiger partial charge is 0.354 e. The van der Waals surface area contributed by atoms with E-state index in [1.54, 1.807) is 0 Å². The molecule has 1 fully saturated rings. The van der Waals surface area contributed by atoms with Crippen molar-refractivity contribution in [1.29, 1.82) is 0 Å². The Kier molecular flexibility index (Phi) is 7.20. The predicted molar refractivity (Wildman–Crippen MR) is 89.4 cm³/mol. The SMILES string of the molecule is CC(C)C(Cc1ccccc1)C(=O)NCC(N)C1CC1.Cl. The summed E-state index contributed by atoms with van der Waals surface area (Å²) in [5, 5.41) is 3.04. The van der Waals surface area contributed by atoms with Crippen molar-refractivity contribution in [2.45, 2.75) is 39.2 Å². The van der Waals surface area contributed by atoms with Crippen LogP contribution in [-0.4, -0.2) is 18.5 Å². The van der Waals surface area contributed by atoms with Gasteiger partial charge in [-0.15, -0.1) is 12.4 Å². The standard InChI is InChI=1S/C17H26N2O.ClH/c1-12(2)15(10-13-6-4-3-5-7-13)17(20)19-11-16(18)14-8-9-14;/h3-7,12,14-16H,8-11,18H2,1-2H3,(H,19,20);1H. The van der Waals surface area contributed by atoms with Gasteiger partial charge in [0.2, 0.25) is 5.91 Å². The van der Waals surface area contributed by atoms with Gasteiger partial charge in [-0.2, -0.15) is 0 Å². The van der Waals surface area contributed by atoms with E-state index >= 15 is 0 Å². The third kappa shape index (κ3) is 5.68. The molecule has 2 atom stereocenters. The molecule has 118 valence electrons. The highest BCUT2D eigenvalue weighted by Crippen LogP contribution is 2.31. The third-order valence-electron chi connectivity index (χ3n) is 4.18. The molecular weight excluding hydrogens is 284 g/mol. The lowest BCUT2D eigenvalue weighted by Gasteiger charge is -2.21. The first-order valence-electron chi connectivity index (χ1n) is 7.65. The second-order valence-electron chi connectivity index (χ2n) is 6.29. The summed E-state index contributed by atoms with van der Waals surface area (Å²) in [5.41, 5.74) is 7.26. The minimum absolute atomic E-state index is 0. The van der Waals surface area contributed by atoms with Crippen molar-refractivity contribution in [1.82, 2.24) is 5.32 Å². The Labute approximate surface area is 134 Å². The van der Waals surface area contributed by atoms with Crippen LogP contribution in [0.2, 0.25) is 0 Å². The molecule has 1 amide bonds. The fraction of sp³-hybridized carbons (Fsp3) is 0.588. The van der Waals surface area contributed by atoms with Crippen LogP contribution in [0.4, 0.5) is 0 Å². The average Bonchev–Trinajstić information content (AvgIpc) is 3.27. The lowest BCUT2D eigenvalue weighted by Crippen LogP contribution is -2.42. The first kappa shape index (κ1) is 18.0. The quantitative estimate of drug-likeness (QED) is 0.813. The number of rotatable bonds is 7. The molecule has 3 N–H and O–H groups in total. The number of nitrogens with one attached hydrogen (secondary N) is 1. The molecule has 2 rings (SSSR count). The topological polar surface area (TPSA) is 55.1 Å². The van der Waals surface area contributed by atoms with Gasteiger partial charge in [0.15, 0.2) is 0 Å². The maximum Gasteiger partial charge on any atom is 0.223 e. The second-order valence-corrected chi connectivity index (χ2v) is 6.29. The molecule has 2 unspecified atom stereocenters. The van der Waals surface area contributed by atoms with Crippen molar-refractivity contribution in [3.8, 4) is 0 Å². The van der Waals surface area contributed by atoms with Gasteiger partial charge in [-0.1, -0.05) is 44.2 Å². The van der Waals surface area contributed by atoms with Crippen LogP contribution in [-0.2, 0) is 11.2 Å². The summed E-state index contributed by atoms with van der Waals surface area (Å²) >= 11 is 0. The molecule has 3 nitrogen and oxygen atoms in total. The van der Waals surface area contributed by atoms with Crippen molar-refractivity contribution in [2.24, 2.45) is 23.5 Å². The van der Waals surface area contributed by atoms with Gasteiger partial charge in [-0.05, 0) is 36.7 Å². The summed E-state index contributed by atoms with van der Waals surface area (Å²) in [6.07, 6.45) is 3.23. The molecule has 0 aliphatic heterocycles. The fourth-order valence-electron chi connectivity index (χ4n) is 2.54. The molecule has 0 aromatic heterocycles. The number of benzene rings is 1. The van der Waals surface area contributed by atoms with Crippen LogP contribution >= 0.6 is 12.4 Å². The van der Waals surface area contributed by atoms with Crippen LogP contribution in [0.15, 0.2) is 30.3 Å². The summed E-state index contributed by atoms with van der Waals surface area (Å²) in [6.45, 7) is 4.82. The molecule has 1 aliphatic carbocycles. The molecule has 1 aromatic rings. The van der Waals surface area contributed by atoms with Crippen molar-refractivity contribution in [2.75, 3.05) is 6.54 Å². The Balaban J connectivity index is 0.00000220. The highest BCUT2D eigenvalue weighted by atomic mass is 35.5. The van der Waals surface area contributed by atoms with Gasteiger partial charge in [0.25, 0.3) is 0 Å². The number of hydrogen-bond donors (Lipinski definition) is 2. The second kappa shape index (κ2) is 8.40. The summed E-state index contributed by atoms with van der Waals surface area (Å²) in [5.74, 6) is 1.11. The van der Waals surface area contributed by atoms with Crippen molar-refractivity contribution in [3.63, 3.8) is 0 Å². The van der Waals surface area contributed by atoms with E-state index in [4.69, 9.17) is 5.73 Å². The molecule has 0 bridgehead atoms. The van der Waals surface area contributed by atoms with Crippen molar-refractivity contribution < 1.29 is 4.79 Å². The zero-order valence-electron chi connectivity index (χ0n) is 12.9. The van der Waals surface area contributed by atoms with E-state index in [0.717, 1.165) is 6.42 Å². The molecule has 1 saturated carbocycles. The minimum atomic E-state index is 0. The number of nitrogens with two attached hydrogens (primary N) is 1. The number of halogens is 1.